The number of aromatic nitrogens is 1. The van der Waals surface area contributed by atoms with Crippen molar-refractivity contribution in [2.45, 2.75) is 18.4 Å². The van der Waals surface area contributed by atoms with Crippen molar-refractivity contribution >= 4 is 15.7 Å². The third-order valence-corrected chi connectivity index (χ3v) is 5.14. The molecule has 0 fully saturated rings. The maximum Gasteiger partial charge on any atom is 0.270 e. The average molecular weight is 321 g/mol. The van der Waals surface area contributed by atoms with Crippen LogP contribution in [0.1, 0.15) is 11.1 Å². The molecule has 0 N–H and O–H groups in total. The van der Waals surface area contributed by atoms with E-state index in [-0.39, 0.29) is 17.1 Å². The quantitative estimate of drug-likeness (QED) is 0.621. The minimum atomic E-state index is -3.82. The van der Waals surface area contributed by atoms with Gasteiger partial charge in [0.25, 0.3) is 5.69 Å². The highest BCUT2D eigenvalue weighted by atomic mass is 32.2. The molecule has 116 valence electrons. The molecule has 1 aromatic heterocycles. The molecule has 2 rings (SSSR count). The van der Waals surface area contributed by atoms with Crippen LogP contribution in [0.4, 0.5) is 5.69 Å². The molecule has 0 bridgehead atoms. The Bertz CT molecular complexity index is 791. The first-order chi connectivity index (χ1) is 10.3. The van der Waals surface area contributed by atoms with Crippen LogP contribution in [0.2, 0.25) is 0 Å². The molecule has 0 radical (unpaired) electrons. The summed E-state index contributed by atoms with van der Waals surface area (Å²) in [5.74, 6) is 0. The Labute approximate surface area is 128 Å². The second-order valence-corrected chi connectivity index (χ2v) is 6.84. The molecule has 22 heavy (non-hydrogen) atoms. The van der Waals surface area contributed by atoms with Gasteiger partial charge in [-0.05, 0) is 24.1 Å². The van der Waals surface area contributed by atoms with Crippen LogP contribution in [0.3, 0.4) is 0 Å². The molecular formula is C14H15N3O4S. The van der Waals surface area contributed by atoms with E-state index in [1.165, 1.54) is 19.2 Å². The summed E-state index contributed by atoms with van der Waals surface area (Å²) in [6.07, 6.45) is 3.18. The van der Waals surface area contributed by atoms with Crippen molar-refractivity contribution in [1.29, 1.82) is 0 Å². The summed E-state index contributed by atoms with van der Waals surface area (Å²) in [7, 11) is -2.39. The second kappa shape index (κ2) is 6.20. The summed E-state index contributed by atoms with van der Waals surface area (Å²) < 4.78 is 26.4. The number of nitro benzene ring substituents is 1. The normalized spacial score (nSPS) is 11.6. The van der Waals surface area contributed by atoms with Crippen LogP contribution < -0.4 is 0 Å². The van der Waals surface area contributed by atoms with Crippen LogP contribution in [0.5, 0.6) is 0 Å². The number of pyridine rings is 1. The fraction of sp³-hybridized carbons (Fsp3) is 0.214. The summed E-state index contributed by atoms with van der Waals surface area (Å²) in [4.78, 5) is 14.1. The van der Waals surface area contributed by atoms with Crippen LogP contribution in [-0.4, -0.2) is 29.7 Å². The highest BCUT2D eigenvalue weighted by molar-refractivity contribution is 7.89. The maximum atomic E-state index is 12.6. The van der Waals surface area contributed by atoms with Gasteiger partial charge >= 0.3 is 0 Å². The maximum absolute atomic E-state index is 12.6. The minimum Gasteiger partial charge on any atom is -0.264 e. The Morgan fingerprint density at radius 2 is 2.05 bits per heavy atom. The van der Waals surface area contributed by atoms with E-state index in [2.05, 4.69) is 4.98 Å². The lowest BCUT2D eigenvalue weighted by atomic mass is 10.2. The molecule has 0 unspecified atom stereocenters. The van der Waals surface area contributed by atoms with Crippen LogP contribution in [-0.2, 0) is 16.6 Å². The van der Waals surface area contributed by atoms with E-state index in [1.807, 2.05) is 0 Å². The summed E-state index contributed by atoms with van der Waals surface area (Å²) in [6, 6.07) is 7.29. The molecule has 1 aromatic carbocycles. The number of sulfonamides is 1. The zero-order valence-electron chi connectivity index (χ0n) is 12.1. The number of rotatable bonds is 5. The number of hydrogen-bond acceptors (Lipinski definition) is 5. The molecule has 0 amide bonds. The Morgan fingerprint density at radius 3 is 2.64 bits per heavy atom. The zero-order valence-corrected chi connectivity index (χ0v) is 12.9. The lowest BCUT2D eigenvalue weighted by Crippen LogP contribution is -2.27. The zero-order chi connectivity index (χ0) is 16.3. The molecule has 8 heteroatoms. The lowest BCUT2D eigenvalue weighted by molar-refractivity contribution is -0.385. The average Bonchev–Trinajstić information content (AvgIpc) is 2.48. The van der Waals surface area contributed by atoms with E-state index in [0.29, 0.717) is 5.56 Å². The van der Waals surface area contributed by atoms with Crippen molar-refractivity contribution in [3.8, 4) is 0 Å². The van der Waals surface area contributed by atoms with Gasteiger partial charge in [-0.2, -0.15) is 4.31 Å². The van der Waals surface area contributed by atoms with Gasteiger partial charge in [0.05, 0.1) is 9.82 Å². The summed E-state index contributed by atoms with van der Waals surface area (Å²) in [6.45, 7) is 1.74. The Hall–Kier alpha value is -2.32. The number of nitrogens with zero attached hydrogens (tertiary/aromatic N) is 3. The predicted octanol–water partition coefficient (Wildman–Crippen LogP) is 2.12. The fourth-order valence-corrected chi connectivity index (χ4v) is 3.38. The van der Waals surface area contributed by atoms with E-state index in [9.17, 15) is 18.5 Å². The topological polar surface area (TPSA) is 93.4 Å². The molecule has 0 spiro atoms. The van der Waals surface area contributed by atoms with Crippen molar-refractivity contribution in [2.75, 3.05) is 7.05 Å². The van der Waals surface area contributed by atoms with E-state index >= 15 is 0 Å². The molecule has 0 saturated heterocycles. The first-order valence-corrected chi connectivity index (χ1v) is 7.86. The van der Waals surface area contributed by atoms with Gasteiger partial charge in [-0.15, -0.1) is 0 Å². The summed E-state index contributed by atoms with van der Waals surface area (Å²) in [5, 5.41) is 10.8. The van der Waals surface area contributed by atoms with Gasteiger partial charge in [0, 0.05) is 38.1 Å². The molecule has 2 aromatic rings. The van der Waals surface area contributed by atoms with Gasteiger partial charge in [0.2, 0.25) is 10.0 Å². The number of nitro groups is 1. The van der Waals surface area contributed by atoms with Crippen LogP contribution in [0.25, 0.3) is 0 Å². The molecule has 0 aliphatic carbocycles. The first kappa shape index (κ1) is 16.1. The molecule has 0 aliphatic heterocycles. The molecule has 0 aliphatic rings. The second-order valence-electron chi connectivity index (χ2n) is 4.83. The fourth-order valence-electron chi connectivity index (χ4n) is 1.98. The van der Waals surface area contributed by atoms with Crippen molar-refractivity contribution in [3.63, 3.8) is 0 Å². The Kier molecular flexibility index (Phi) is 4.53. The molecule has 1 heterocycles. The van der Waals surface area contributed by atoms with Gasteiger partial charge in [-0.3, -0.25) is 15.1 Å². The van der Waals surface area contributed by atoms with Gasteiger partial charge in [0.1, 0.15) is 0 Å². The van der Waals surface area contributed by atoms with Crippen LogP contribution in [0, 0.1) is 17.0 Å². The van der Waals surface area contributed by atoms with E-state index in [4.69, 9.17) is 0 Å². The lowest BCUT2D eigenvalue weighted by Gasteiger charge is -2.18. The van der Waals surface area contributed by atoms with E-state index in [1.54, 1.807) is 31.5 Å². The monoisotopic (exact) mass is 321 g/mol. The van der Waals surface area contributed by atoms with Crippen molar-refractivity contribution < 1.29 is 13.3 Å². The largest absolute Gasteiger partial charge is 0.270 e. The van der Waals surface area contributed by atoms with E-state index in [0.717, 1.165) is 15.9 Å². The van der Waals surface area contributed by atoms with Gasteiger partial charge < -0.3 is 0 Å². The van der Waals surface area contributed by atoms with Crippen molar-refractivity contribution in [1.82, 2.24) is 9.29 Å². The summed E-state index contributed by atoms with van der Waals surface area (Å²) in [5.41, 5.74) is 0.944. The molecular weight excluding hydrogens is 306 g/mol. The highest BCUT2D eigenvalue weighted by Crippen LogP contribution is 2.24. The number of hydrogen-bond donors (Lipinski definition) is 0. The third-order valence-electron chi connectivity index (χ3n) is 3.20. The summed E-state index contributed by atoms with van der Waals surface area (Å²) >= 11 is 0. The van der Waals surface area contributed by atoms with Crippen LogP contribution in [0.15, 0.2) is 47.6 Å². The SMILES string of the molecule is Cc1ccc([N+](=O)[O-])cc1S(=O)(=O)N(C)Cc1cccnc1. The number of aryl methyl sites for hydroxylation is 1. The van der Waals surface area contributed by atoms with Crippen LogP contribution >= 0.6 is 0 Å². The predicted molar refractivity (Wildman–Crippen MR) is 80.7 cm³/mol. The highest BCUT2D eigenvalue weighted by Gasteiger charge is 2.25. The van der Waals surface area contributed by atoms with Crippen molar-refractivity contribution in [3.05, 3.63) is 64.0 Å². The Morgan fingerprint density at radius 1 is 1.32 bits per heavy atom. The molecule has 0 saturated carbocycles. The van der Waals surface area contributed by atoms with Crippen molar-refractivity contribution in [2.24, 2.45) is 0 Å². The minimum absolute atomic E-state index is 0.0620. The van der Waals surface area contributed by atoms with Gasteiger partial charge in [-0.25, -0.2) is 8.42 Å². The van der Waals surface area contributed by atoms with Gasteiger partial charge in [-0.1, -0.05) is 12.1 Å². The third kappa shape index (κ3) is 3.29. The number of benzene rings is 1. The van der Waals surface area contributed by atoms with Gasteiger partial charge in [0.15, 0.2) is 0 Å². The smallest absolute Gasteiger partial charge is 0.264 e. The molecule has 7 nitrogen and oxygen atoms in total. The van der Waals surface area contributed by atoms with E-state index < -0.39 is 14.9 Å². The number of non-ortho nitro benzene ring substituents is 1. The first-order valence-electron chi connectivity index (χ1n) is 6.42. The molecule has 0 atom stereocenters. The Balaban J connectivity index is 2.37. The standard InChI is InChI=1S/C14H15N3O4S/c1-11-5-6-13(17(18)19)8-14(11)22(20,21)16(2)10-12-4-3-7-15-9-12/h3-9H,10H2,1-2H3.